The van der Waals surface area contributed by atoms with E-state index < -0.39 is 0 Å². The van der Waals surface area contributed by atoms with Crippen LogP contribution in [0, 0.1) is 16.7 Å². The Morgan fingerprint density at radius 1 is 1.22 bits per heavy atom. The van der Waals surface area contributed by atoms with E-state index >= 15 is 0 Å². The van der Waals surface area contributed by atoms with E-state index in [1.165, 1.54) is 5.56 Å². The molecule has 0 radical (unpaired) electrons. The molecule has 0 amide bonds. The van der Waals surface area contributed by atoms with Gasteiger partial charge in [-0.3, -0.25) is 4.79 Å². The van der Waals surface area contributed by atoms with Crippen molar-refractivity contribution in [3.63, 3.8) is 0 Å². The fourth-order valence-corrected chi connectivity index (χ4v) is 3.86. The van der Waals surface area contributed by atoms with E-state index in [2.05, 4.69) is 58.5 Å². The molecule has 2 rings (SSSR count). The maximum Gasteiger partial charge on any atom is 0.313 e. The first-order valence-electron chi connectivity index (χ1n) is 8.69. The highest BCUT2D eigenvalue weighted by atomic mass is 16.6. The zero-order valence-electron chi connectivity index (χ0n) is 15.0. The van der Waals surface area contributed by atoms with Crippen LogP contribution in [0.3, 0.4) is 0 Å². The summed E-state index contributed by atoms with van der Waals surface area (Å²) in [5.41, 5.74) is 1.30. The van der Waals surface area contributed by atoms with Crippen LogP contribution < -0.4 is 0 Å². The van der Waals surface area contributed by atoms with Gasteiger partial charge in [-0.1, -0.05) is 64.1 Å². The molecule has 1 heterocycles. The lowest BCUT2D eigenvalue weighted by atomic mass is 9.63. The fraction of sp³-hybridized carbons (Fsp3) is 0.571. The number of hydrogen-bond acceptors (Lipinski definition) is 2. The van der Waals surface area contributed by atoms with Crippen molar-refractivity contribution < 1.29 is 9.53 Å². The zero-order valence-corrected chi connectivity index (χ0v) is 15.0. The van der Waals surface area contributed by atoms with Crippen molar-refractivity contribution in [3.05, 3.63) is 48.6 Å². The van der Waals surface area contributed by atoms with Crippen LogP contribution in [0.1, 0.15) is 52.5 Å². The first kappa shape index (κ1) is 17.8. The van der Waals surface area contributed by atoms with Crippen LogP contribution in [0.15, 0.2) is 43.0 Å². The van der Waals surface area contributed by atoms with Crippen molar-refractivity contribution in [2.45, 2.75) is 59.5 Å². The molecular weight excluding hydrogens is 284 g/mol. The van der Waals surface area contributed by atoms with E-state index in [4.69, 9.17) is 4.74 Å². The smallest absolute Gasteiger partial charge is 0.313 e. The minimum absolute atomic E-state index is 0.00274. The van der Waals surface area contributed by atoms with Gasteiger partial charge in [0.2, 0.25) is 0 Å². The number of esters is 1. The molecule has 1 aromatic carbocycles. The molecule has 1 aromatic rings. The standard InChI is InChI=1S/C21H30O2/c1-6-21(5,7-2)15-20(3,4)18-17(23-19(18)22)14-13-16-11-9-8-10-12-16/h6,8-12,17-18H,1,7,13-15H2,2-5H3. The Bertz CT molecular complexity index is 546. The number of aryl methyl sites for hydroxylation is 1. The summed E-state index contributed by atoms with van der Waals surface area (Å²) in [7, 11) is 0. The molecule has 1 aliphatic rings. The average Bonchev–Trinajstić information content (AvgIpc) is 2.50. The molecule has 3 atom stereocenters. The molecule has 3 unspecified atom stereocenters. The molecular formula is C21H30O2. The van der Waals surface area contributed by atoms with E-state index in [0.717, 1.165) is 25.7 Å². The summed E-state index contributed by atoms with van der Waals surface area (Å²) in [5.74, 6) is -0.0346. The predicted molar refractivity (Wildman–Crippen MR) is 95.1 cm³/mol. The number of rotatable bonds is 8. The topological polar surface area (TPSA) is 26.3 Å². The zero-order chi connectivity index (χ0) is 17.1. The third-order valence-corrected chi connectivity index (χ3v) is 5.46. The highest BCUT2D eigenvalue weighted by molar-refractivity contribution is 5.79. The van der Waals surface area contributed by atoms with Gasteiger partial charge in [0, 0.05) is 0 Å². The van der Waals surface area contributed by atoms with Gasteiger partial charge in [0.05, 0.1) is 5.92 Å². The van der Waals surface area contributed by atoms with E-state index in [9.17, 15) is 4.79 Å². The van der Waals surface area contributed by atoms with E-state index in [1.807, 2.05) is 12.1 Å². The Morgan fingerprint density at radius 3 is 2.39 bits per heavy atom. The quantitative estimate of drug-likeness (QED) is 0.488. The van der Waals surface area contributed by atoms with Gasteiger partial charge in [-0.25, -0.2) is 0 Å². The molecule has 0 N–H and O–H groups in total. The molecule has 2 nitrogen and oxygen atoms in total. The van der Waals surface area contributed by atoms with Gasteiger partial charge in [0.15, 0.2) is 0 Å². The van der Waals surface area contributed by atoms with E-state index in [0.29, 0.717) is 0 Å². The van der Waals surface area contributed by atoms with Crippen LogP contribution >= 0.6 is 0 Å². The normalized spacial score (nSPS) is 23.6. The van der Waals surface area contributed by atoms with E-state index in [-0.39, 0.29) is 28.8 Å². The van der Waals surface area contributed by atoms with Gasteiger partial charge in [-0.2, -0.15) is 0 Å². The van der Waals surface area contributed by atoms with Crippen LogP contribution in [-0.2, 0) is 16.0 Å². The molecule has 0 aliphatic carbocycles. The third kappa shape index (κ3) is 4.04. The summed E-state index contributed by atoms with van der Waals surface area (Å²) in [6.45, 7) is 12.8. The van der Waals surface area contributed by atoms with Crippen LogP contribution in [0.4, 0.5) is 0 Å². The second-order valence-electron chi connectivity index (χ2n) is 7.85. The molecule has 0 bridgehead atoms. The second kappa shape index (κ2) is 6.90. The fourth-order valence-electron chi connectivity index (χ4n) is 3.86. The number of hydrogen-bond donors (Lipinski definition) is 0. The first-order valence-corrected chi connectivity index (χ1v) is 8.69. The monoisotopic (exact) mass is 314 g/mol. The van der Waals surface area contributed by atoms with Crippen molar-refractivity contribution in [1.82, 2.24) is 0 Å². The Hall–Kier alpha value is -1.57. The lowest BCUT2D eigenvalue weighted by Crippen LogP contribution is -2.53. The molecule has 2 heteroatoms. The first-order chi connectivity index (χ1) is 10.8. The minimum Gasteiger partial charge on any atom is -0.461 e. The van der Waals surface area contributed by atoms with Crippen molar-refractivity contribution >= 4 is 5.97 Å². The molecule has 0 aromatic heterocycles. The highest BCUT2D eigenvalue weighted by Crippen LogP contribution is 2.48. The Kier molecular flexibility index (Phi) is 5.33. The predicted octanol–water partition coefficient (Wildman–Crippen LogP) is 5.18. The van der Waals surface area contributed by atoms with Crippen LogP contribution in [0.25, 0.3) is 0 Å². The summed E-state index contributed by atoms with van der Waals surface area (Å²) in [6, 6.07) is 10.4. The maximum atomic E-state index is 12.1. The molecule has 23 heavy (non-hydrogen) atoms. The number of carbonyl (C=O) groups excluding carboxylic acids is 1. The summed E-state index contributed by atoms with van der Waals surface area (Å²) in [4.78, 5) is 12.1. The second-order valence-corrected chi connectivity index (χ2v) is 7.85. The van der Waals surface area contributed by atoms with Crippen molar-refractivity contribution in [2.24, 2.45) is 16.7 Å². The summed E-state index contributed by atoms with van der Waals surface area (Å²) in [6.07, 6.45) is 5.94. The average molecular weight is 314 g/mol. The number of benzene rings is 1. The molecule has 0 spiro atoms. The Morgan fingerprint density at radius 2 is 1.87 bits per heavy atom. The highest BCUT2D eigenvalue weighted by Gasteiger charge is 2.52. The van der Waals surface area contributed by atoms with Crippen LogP contribution in [0.2, 0.25) is 0 Å². The molecule has 0 saturated carbocycles. The van der Waals surface area contributed by atoms with Gasteiger partial charge in [-0.15, -0.1) is 6.58 Å². The van der Waals surface area contributed by atoms with Gasteiger partial charge in [0.25, 0.3) is 0 Å². The van der Waals surface area contributed by atoms with Gasteiger partial charge < -0.3 is 4.74 Å². The van der Waals surface area contributed by atoms with Gasteiger partial charge in [0.1, 0.15) is 6.10 Å². The largest absolute Gasteiger partial charge is 0.461 e. The number of carbonyl (C=O) groups is 1. The molecule has 1 aliphatic heterocycles. The molecule has 1 fully saturated rings. The van der Waals surface area contributed by atoms with Crippen molar-refractivity contribution in [2.75, 3.05) is 0 Å². The molecule has 126 valence electrons. The van der Waals surface area contributed by atoms with Crippen molar-refractivity contribution in [3.8, 4) is 0 Å². The lowest BCUT2D eigenvalue weighted by Gasteiger charge is -2.47. The summed E-state index contributed by atoms with van der Waals surface area (Å²) < 4.78 is 5.48. The third-order valence-electron chi connectivity index (χ3n) is 5.46. The number of cyclic esters (lactones) is 1. The van der Waals surface area contributed by atoms with Crippen LogP contribution in [-0.4, -0.2) is 12.1 Å². The van der Waals surface area contributed by atoms with Crippen molar-refractivity contribution in [1.29, 1.82) is 0 Å². The number of allylic oxidation sites excluding steroid dienone is 1. The SMILES string of the molecule is C=CC(C)(CC)CC(C)(C)C1C(=O)OC1CCc1ccccc1. The lowest BCUT2D eigenvalue weighted by molar-refractivity contribution is -0.199. The van der Waals surface area contributed by atoms with Gasteiger partial charge in [-0.05, 0) is 42.1 Å². The van der Waals surface area contributed by atoms with Gasteiger partial charge >= 0.3 is 5.97 Å². The Labute approximate surface area is 140 Å². The summed E-state index contributed by atoms with van der Waals surface area (Å²) in [5, 5.41) is 0. The summed E-state index contributed by atoms with van der Waals surface area (Å²) >= 11 is 0. The van der Waals surface area contributed by atoms with Crippen LogP contribution in [0.5, 0.6) is 0 Å². The molecule has 1 saturated heterocycles. The minimum atomic E-state index is -0.0738. The Balaban J connectivity index is 2.01. The number of ether oxygens (including phenoxy) is 1. The van der Waals surface area contributed by atoms with E-state index in [1.54, 1.807) is 0 Å². The maximum absolute atomic E-state index is 12.1.